The summed E-state index contributed by atoms with van der Waals surface area (Å²) in [5.74, 6) is 1.10. The number of anilines is 2. The molecule has 1 aromatic heterocycles. The molecule has 0 bridgehead atoms. The molecule has 3 unspecified atom stereocenters. The Morgan fingerprint density at radius 2 is 1.94 bits per heavy atom. The summed E-state index contributed by atoms with van der Waals surface area (Å²) in [5.41, 5.74) is 3.11. The van der Waals surface area contributed by atoms with Crippen molar-refractivity contribution < 1.29 is 19.1 Å². The summed E-state index contributed by atoms with van der Waals surface area (Å²) in [4.78, 5) is 44.1. The van der Waals surface area contributed by atoms with Crippen LogP contribution in [0.15, 0.2) is 65.8 Å². The van der Waals surface area contributed by atoms with Gasteiger partial charge < -0.3 is 20.7 Å². The number of carbonyl (C=O) groups excluding carboxylic acids is 3. The molecule has 1 saturated heterocycles. The molecule has 36 heavy (non-hydrogen) atoms. The highest BCUT2D eigenvalue weighted by Gasteiger charge is 2.47. The van der Waals surface area contributed by atoms with E-state index in [0.717, 1.165) is 16.9 Å². The number of pyridine rings is 1. The summed E-state index contributed by atoms with van der Waals surface area (Å²) in [6.07, 6.45) is 1.92. The van der Waals surface area contributed by atoms with E-state index in [2.05, 4.69) is 20.9 Å². The summed E-state index contributed by atoms with van der Waals surface area (Å²) >= 11 is 1.33. The van der Waals surface area contributed by atoms with Crippen LogP contribution in [-0.2, 0) is 9.59 Å². The van der Waals surface area contributed by atoms with Gasteiger partial charge in [0.15, 0.2) is 0 Å². The van der Waals surface area contributed by atoms with Gasteiger partial charge in [-0.1, -0.05) is 30.0 Å². The number of aromatic nitrogens is 1. The van der Waals surface area contributed by atoms with E-state index < -0.39 is 11.3 Å². The lowest BCUT2D eigenvalue weighted by Gasteiger charge is -2.35. The fourth-order valence-corrected chi connectivity index (χ4v) is 6.06. The number of thioether (sulfide) groups is 1. The fraction of sp³-hybridized carbons (Fsp3) is 0.231. The molecule has 0 radical (unpaired) electrons. The minimum absolute atomic E-state index is 0.0798. The number of benzene rings is 2. The zero-order chi connectivity index (χ0) is 24.8. The third kappa shape index (κ3) is 3.93. The van der Waals surface area contributed by atoms with Crippen molar-refractivity contribution in [3.63, 3.8) is 0 Å². The second kappa shape index (κ2) is 8.87. The summed E-state index contributed by atoms with van der Waals surface area (Å²) in [7, 11) is 0. The maximum Gasteiger partial charge on any atom is 0.327 e. The molecule has 182 valence electrons. The summed E-state index contributed by atoms with van der Waals surface area (Å²) in [5, 5.41) is 8.82. The number of ether oxygens (including phenoxy) is 1. The molecule has 6 rings (SSSR count). The fourth-order valence-electron chi connectivity index (χ4n) is 4.82. The first kappa shape index (κ1) is 22.4. The van der Waals surface area contributed by atoms with Crippen molar-refractivity contribution in [2.45, 2.75) is 35.7 Å². The minimum atomic E-state index is -0.571. The molecule has 1 fully saturated rings. The largest absolute Gasteiger partial charge is 0.457 e. The molecule has 2 aromatic carbocycles. The zero-order valence-corrected chi connectivity index (χ0v) is 20.2. The number of amides is 4. The van der Waals surface area contributed by atoms with E-state index in [4.69, 9.17) is 4.74 Å². The van der Waals surface area contributed by atoms with Gasteiger partial charge in [-0.15, -0.1) is 0 Å². The molecule has 3 aromatic rings. The molecule has 0 saturated carbocycles. The van der Waals surface area contributed by atoms with Gasteiger partial charge in [0.1, 0.15) is 21.8 Å². The molecular formula is C26H23N5O4S. The lowest BCUT2D eigenvalue weighted by Crippen LogP contribution is -2.50. The number of carbonyl (C=O) groups is 3. The molecule has 3 aliphatic rings. The predicted octanol–water partition coefficient (Wildman–Crippen LogP) is 3.56. The first-order valence-corrected chi connectivity index (χ1v) is 12.5. The lowest BCUT2D eigenvalue weighted by atomic mass is 9.99. The zero-order valence-electron chi connectivity index (χ0n) is 19.4. The van der Waals surface area contributed by atoms with E-state index >= 15 is 0 Å². The van der Waals surface area contributed by atoms with Crippen molar-refractivity contribution in [3.8, 4) is 11.5 Å². The Hall–Kier alpha value is -4.05. The molecule has 3 atom stereocenters. The van der Waals surface area contributed by atoms with Gasteiger partial charge in [-0.05, 0) is 48.9 Å². The number of para-hydroxylation sites is 1. The van der Waals surface area contributed by atoms with Crippen LogP contribution < -0.4 is 25.6 Å². The van der Waals surface area contributed by atoms with Gasteiger partial charge in [-0.3, -0.25) is 14.5 Å². The van der Waals surface area contributed by atoms with Crippen molar-refractivity contribution in [2.75, 3.05) is 11.4 Å². The Kier molecular flexibility index (Phi) is 5.52. The highest BCUT2D eigenvalue weighted by atomic mass is 32.2. The number of urea groups is 1. The number of hydrogen-bond acceptors (Lipinski definition) is 6. The first-order chi connectivity index (χ1) is 17.5. The lowest BCUT2D eigenvalue weighted by molar-refractivity contribution is -0.121. The summed E-state index contributed by atoms with van der Waals surface area (Å²) < 4.78 is 5.94. The monoisotopic (exact) mass is 501 g/mol. The van der Waals surface area contributed by atoms with Crippen LogP contribution in [0.4, 0.5) is 16.2 Å². The Bertz CT molecular complexity index is 1380. The molecule has 10 heteroatoms. The highest BCUT2D eigenvalue weighted by molar-refractivity contribution is 8.01. The molecule has 3 N–H and O–H groups in total. The van der Waals surface area contributed by atoms with Crippen LogP contribution in [-0.4, -0.2) is 40.7 Å². The van der Waals surface area contributed by atoms with Gasteiger partial charge in [0.25, 0.3) is 0 Å². The SMILES string of the molecule is Cc1cc(Oc2ccccc2)ccc1N1C(=O)NC2c3c1ccnc3SC2C(=O)NC1CNC(=O)C1. The molecule has 3 aliphatic heterocycles. The van der Waals surface area contributed by atoms with Crippen LogP contribution >= 0.6 is 11.8 Å². The van der Waals surface area contributed by atoms with Crippen molar-refractivity contribution in [3.05, 3.63) is 71.9 Å². The number of aryl methyl sites for hydroxylation is 1. The van der Waals surface area contributed by atoms with Crippen LogP contribution in [0.3, 0.4) is 0 Å². The molecular weight excluding hydrogens is 478 g/mol. The van der Waals surface area contributed by atoms with Gasteiger partial charge in [0, 0.05) is 24.7 Å². The first-order valence-electron chi connectivity index (χ1n) is 11.6. The van der Waals surface area contributed by atoms with Gasteiger partial charge >= 0.3 is 6.03 Å². The van der Waals surface area contributed by atoms with Crippen LogP contribution in [0.1, 0.15) is 23.6 Å². The quantitative estimate of drug-likeness (QED) is 0.493. The third-order valence-electron chi connectivity index (χ3n) is 6.48. The Labute approximate surface area is 211 Å². The normalized spacial score (nSPS) is 22.0. The van der Waals surface area contributed by atoms with E-state index in [1.54, 1.807) is 17.2 Å². The van der Waals surface area contributed by atoms with Gasteiger partial charge in [-0.25, -0.2) is 9.78 Å². The minimum Gasteiger partial charge on any atom is -0.457 e. The summed E-state index contributed by atoms with van der Waals surface area (Å²) in [6, 6.07) is 15.8. The molecule has 0 spiro atoms. The van der Waals surface area contributed by atoms with Gasteiger partial charge in [-0.2, -0.15) is 0 Å². The van der Waals surface area contributed by atoms with E-state index in [1.165, 1.54) is 11.8 Å². The molecule has 0 aliphatic carbocycles. The topological polar surface area (TPSA) is 113 Å². The van der Waals surface area contributed by atoms with E-state index in [1.807, 2.05) is 55.5 Å². The second-order valence-corrected chi connectivity index (χ2v) is 10.1. The van der Waals surface area contributed by atoms with Gasteiger partial charge in [0.05, 0.1) is 23.5 Å². The van der Waals surface area contributed by atoms with Crippen LogP contribution in [0, 0.1) is 6.92 Å². The number of rotatable bonds is 5. The van der Waals surface area contributed by atoms with Crippen molar-refractivity contribution in [1.82, 2.24) is 20.9 Å². The molecule has 9 nitrogen and oxygen atoms in total. The number of nitrogens with zero attached hydrogens (tertiary/aromatic N) is 2. The molecule has 4 amide bonds. The average molecular weight is 502 g/mol. The van der Waals surface area contributed by atoms with Gasteiger partial charge in [0.2, 0.25) is 11.8 Å². The van der Waals surface area contributed by atoms with E-state index in [0.29, 0.717) is 28.7 Å². The Morgan fingerprint density at radius 3 is 2.69 bits per heavy atom. The van der Waals surface area contributed by atoms with Crippen molar-refractivity contribution in [2.24, 2.45) is 0 Å². The maximum absolute atomic E-state index is 13.4. The van der Waals surface area contributed by atoms with E-state index in [-0.39, 0.29) is 30.3 Å². The van der Waals surface area contributed by atoms with E-state index in [9.17, 15) is 14.4 Å². The highest BCUT2D eigenvalue weighted by Crippen LogP contribution is 2.51. The smallest absolute Gasteiger partial charge is 0.327 e. The van der Waals surface area contributed by atoms with Crippen LogP contribution in [0.5, 0.6) is 11.5 Å². The Balaban J connectivity index is 1.28. The summed E-state index contributed by atoms with van der Waals surface area (Å²) in [6.45, 7) is 2.34. The second-order valence-electron chi connectivity index (χ2n) is 8.93. The maximum atomic E-state index is 13.4. The number of nitrogens with one attached hydrogen (secondary N) is 3. The third-order valence-corrected chi connectivity index (χ3v) is 7.76. The molecule has 4 heterocycles. The number of hydrogen-bond donors (Lipinski definition) is 3. The average Bonchev–Trinajstić information content (AvgIpc) is 3.44. The van der Waals surface area contributed by atoms with Crippen molar-refractivity contribution >= 4 is 41.0 Å². The van der Waals surface area contributed by atoms with Crippen molar-refractivity contribution in [1.29, 1.82) is 0 Å². The van der Waals surface area contributed by atoms with Crippen LogP contribution in [0.2, 0.25) is 0 Å². The Morgan fingerprint density at radius 1 is 1.11 bits per heavy atom. The van der Waals surface area contributed by atoms with Crippen LogP contribution in [0.25, 0.3) is 0 Å². The standard InChI is InChI=1S/C26H23N5O4S/c1-14-11-17(35-16-5-3-2-4-6-16)7-8-18(14)31-19-9-10-27-25-21(19)22(30-26(31)34)23(36-25)24(33)29-15-12-20(32)28-13-15/h2-11,15,22-23H,12-13H2,1H3,(H,28,32)(H,29,33)(H,30,34). The predicted molar refractivity (Wildman–Crippen MR) is 135 cm³/mol.